The van der Waals surface area contributed by atoms with Gasteiger partial charge in [-0.15, -0.1) is 6.58 Å². The third-order valence-electron chi connectivity index (χ3n) is 3.45. The molecule has 0 aromatic carbocycles. The highest BCUT2D eigenvalue weighted by molar-refractivity contribution is 5.03. The van der Waals surface area contributed by atoms with Crippen molar-refractivity contribution in [2.75, 3.05) is 13.1 Å². The Labute approximate surface area is 111 Å². The van der Waals surface area contributed by atoms with Crippen molar-refractivity contribution in [2.45, 2.75) is 33.6 Å². The van der Waals surface area contributed by atoms with Gasteiger partial charge in [-0.2, -0.15) is 5.10 Å². The van der Waals surface area contributed by atoms with Crippen LogP contribution in [-0.4, -0.2) is 22.9 Å². The second-order valence-electron chi connectivity index (χ2n) is 5.83. The van der Waals surface area contributed by atoms with Gasteiger partial charge >= 0.3 is 0 Å². The van der Waals surface area contributed by atoms with Crippen molar-refractivity contribution in [1.82, 2.24) is 15.1 Å². The van der Waals surface area contributed by atoms with Gasteiger partial charge in [0, 0.05) is 25.5 Å². The molecular weight excluding hydrogens is 222 g/mol. The minimum atomic E-state index is 0.152. The lowest BCUT2D eigenvalue weighted by molar-refractivity contribution is 0.352. The Morgan fingerprint density at radius 3 is 2.78 bits per heavy atom. The van der Waals surface area contributed by atoms with Crippen LogP contribution in [0, 0.1) is 11.3 Å². The van der Waals surface area contributed by atoms with Crippen molar-refractivity contribution in [3.63, 3.8) is 0 Å². The number of hydrogen-bond donors (Lipinski definition) is 1. The van der Waals surface area contributed by atoms with Gasteiger partial charge in [-0.05, 0) is 36.8 Å². The third kappa shape index (κ3) is 4.65. The Kier molecular flexibility index (Phi) is 5.60. The van der Waals surface area contributed by atoms with E-state index < -0.39 is 0 Å². The van der Waals surface area contributed by atoms with Crippen LogP contribution in [0.1, 0.15) is 32.9 Å². The fraction of sp³-hybridized carbons (Fsp3) is 0.667. The summed E-state index contributed by atoms with van der Waals surface area (Å²) in [6.07, 6.45) is 6.08. The summed E-state index contributed by atoms with van der Waals surface area (Å²) < 4.78 is 1.95. The van der Waals surface area contributed by atoms with Crippen molar-refractivity contribution in [3.05, 3.63) is 30.6 Å². The molecule has 0 aliphatic heterocycles. The zero-order valence-electron chi connectivity index (χ0n) is 12.2. The molecule has 0 spiro atoms. The molecule has 1 unspecified atom stereocenters. The van der Waals surface area contributed by atoms with Crippen LogP contribution in [0.25, 0.3) is 0 Å². The quantitative estimate of drug-likeness (QED) is 0.718. The van der Waals surface area contributed by atoms with Crippen molar-refractivity contribution in [1.29, 1.82) is 0 Å². The van der Waals surface area contributed by atoms with Crippen LogP contribution in [0.3, 0.4) is 0 Å². The van der Waals surface area contributed by atoms with E-state index in [0.29, 0.717) is 5.92 Å². The number of hydrogen-bond acceptors (Lipinski definition) is 2. The molecule has 3 nitrogen and oxygen atoms in total. The molecular formula is C15H27N3. The minimum absolute atomic E-state index is 0.152. The molecule has 18 heavy (non-hydrogen) atoms. The first-order valence-electron chi connectivity index (χ1n) is 6.78. The Hall–Kier alpha value is -1.09. The molecule has 0 radical (unpaired) electrons. The Morgan fingerprint density at radius 1 is 1.56 bits per heavy atom. The second kappa shape index (κ2) is 6.74. The lowest BCUT2D eigenvalue weighted by atomic mass is 9.85. The maximum atomic E-state index is 4.20. The normalized spacial score (nSPS) is 14.7. The molecule has 1 N–H and O–H groups in total. The van der Waals surface area contributed by atoms with Gasteiger partial charge in [-0.1, -0.05) is 26.8 Å². The topological polar surface area (TPSA) is 29.9 Å². The van der Waals surface area contributed by atoms with Gasteiger partial charge in [-0.3, -0.25) is 4.68 Å². The van der Waals surface area contributed by atoms with E-state index in [0.717, 1.165) is 25.9 Å². The lowest BCUT2D eigenvalue weighted by Crippen LogP contribution is -2.33. The van der Waals surface area contributed by atoms with E-state index >= 15 is 0 Å². The van der Waals surface area contributed by atoms with Crippen LogP contribution in [0.15, 0.2) is 24.9 Å². The lowest BCUT2D eigenvalue weighted by Gasteiger charge is -2.26. The van der Waals surface area contributed by atoms with Crippen molar-refractivity contribution < 1.29 is 0 Å². The molecule has 0 fully saturated rings. The van der Waals surface area contributed by atoms with Gasteiger partial charge in [0.25, 0.3) is 0 Å². The Bertz CT molecular complexity index is 368. The minimum Gasteiger partial charge on any atom is -0.316 e. The first-order chi connectivity index (χ1) is 8.47. The molecule has 0 aliphatic rings. The molecule has 0 saturated carbocycles. The molecule has 1 rings (SSSR count). The van der Waals surface area contributed by atoms with Gasteiger partial charge in [0.1, 0.15) is 0 Å². The average molecular weight is 249 g/mol. The number of rotatable bonds is 8. The van der Waals surface area contributed by atoms with Gasteiger partial charge in [0.2, 0.25) is 0 Å². The summed E-state index contributed by atoms with van der Waals surface area (Å²) in [6.45, 7) is 12.8. The van der Waals surface area contributed by atoms with E-state index in [2.05, 4.69) is 49.9 Å². The van der Waals surface area contributed by atoms with Crippen LogP contribution >= 0.6 is 0 Å². The molecule has 1 heterocycles. The number of nitrogens with one attached hydrogen (secondary N) is 1. The monoisotopic (exact) mass is 249 g/mol. The fourth-order valence-electron chi connectivity index (χ4n) is 1.97. The van der Waals surface area contributed by atoms with Gasteiger partial charge in [-0.25, -0.2) is 0 Å². The summed E-state index contributed by atoms with van der Waals surface area (Å²) in [4.78, 5) is 0. The van der Waals surface area contributed by atoms with Crippen molar-refractivity contribution in [3.8, 4) is 0 Å². The summed E-state index contributed by atoms with van der Waals surface area (Å²) in [5, 5.41) is 7.73. The van der Waals surface area contributed by atoms with E-state index in [9.17, 15) is 0 Å². The molecule has 1 atom stereocenters. The zero-order valence-corrected chi connectivity index (χ0v) is 12.2. The van der Waals surface area contributed by atoms with E-state index in [1.807, 2.05) is 17.9 Å². The van der Waals surface area contributed by atoms with Crippen LogP contribution in [0.5, 0.6) is 0 Å². The summed E-state index contributed by atoms with van der Waals surface area (Å²) >= 11 is 0. The number of nitrogens with zero attached hydrogens (tertiary/aromatic N) is 2. The van der Waals surface area contributed by atoms with Gasteiger partial charge < -0.3 is 5.32 Å². The summed E-state index contributed by atoms with van der Waals surface area (Å²) in [7, 11) is 2.00. The van der Waals surface area contributed by atoms with E-state index in [1.165, 1.54) is 5.69 Å². The average Bonchev–Trinajstić information content (AvgIpc) is 2.72. The summed E-state index contributed by atoms with van der Waals surface area (Å²) in [5.41, 5.74) is 1.44. The Balaban J connectivity index is 2.44. The molecule has 1 aromatic rings. The van der Waals surface area contributed by atoms with Crippen LogP contribution < -0.4 is 5.32 Å². The maximum Gasteiger partial charge on any atom is 0.0492 e. The van der Waals surface area contributed by atoms with E-state index in [1.54, 1.807) is 0 Å². The molecule has 3 heteroatoms. The number of aryl methyl sites for hydroxylation is 2. The van der Waals surface area contributed by atoms with Crippen LogP contribution in [0.4, 0.5) is 0 Å². The molecule has 0 amide bonds. The first kappa shape index (κ1) is 15.0. The predicted octanol–water partition coefficient (Wildman–Crippen LogP) is 2.79. The number of aromatic nitrogens is 2. The highest BCUT2D eigenvalue weighted by atomic mass is 15.2. The highest BCUT2D eigenvalue weighted by Crippen LogP contribution is 2.24. The van der Waals surface area contributed by atoms with Gasteiger partial charge in [0.05, 0.1) is 0 Å². The molecule has 102 valence electrons. The standard InChI is InChI=1S/C15H27N3/c1-6-15(4,12-16-11-13(2)3)9-7-14-8-10-17-18(14)5/h6,8,10,13,16H,1,7,9,11-12H2,2-5H3. The second-order valence-corrected chi connectivity index (χ2v) is 5.83. The molecule has 0 aliphatic carbocycles. The maximum absolute atomic E-state index is 4.20. The van der Waals surface area contributed by atoms with Crippen molar-refractivity contribution >= 4 is 0 Å². The molecule has 1 aromatic heterocycles. The highest BCUT2D eigenvalue weighted by Gasteiger charge is 2.20. The van der Waals surface area contributed by atoms with Gasteiger partial charge in [0.15, 0.2) is 0 Å². The van der Waals surface area contributed by atoms with Crippen LogP contribution in [0.2, 0.25) is 0 Å². The summed E-state index contributed by atoms with van der Waals surface area (Å²) in [5.74, 6) is 0.691. The zero-order chi connectivity index (χ0) is 13.6. The third-order valence-corrected chi connectivity index (χ3v) is 3.45. The van der Waals surface area contributed by atoms with E-state index in [4.69, 9.17) is 0 Å². The van der Waals surface area contributed by atoms with Crippen molar-refractivity contribution in [2.24, 2.45) is 18.4 Å². The summed E-state index contributed by atoms with van der Waals surface area (Å²) in [6, 6.07) is 2.09. The van der Waals surface area contributed by atoms with Crippen LogP contribution in [-0.2, 0) is 13.5 Å². The largest absolute Gasteiger partial charge is 0.316 e. The SMILES string of the molecule is C=CC(C)(CCc1ccnn1C)CNCC(C)C. The predicted molar refractivity (Wildman–Crippen MR) is 77.5 cm³/mol. The fourth-order valence-corrected chi connectivity index (χ4v) is 1.97. The Morgan fingerprint density at radius 2 is 2.28 bits per heavy atom. The first-order valence-corrected chi connectivity index (χ1v) is 6.78. The molecule has 0 saturated heterocycles. The van der Waals surface area contributed by atoms with E-state index in [-0.39, 0.29) is 5.41 Å². The molecule has 0 bridgehead atoms. The smallest absolute Gasteiger partial charge is 0.0492 e.